The van der Waals surface area contributed by atoms with Crippen LogP contribution in [0.25, 0.3) is 0 Å². The Morgan fingerprint density at radius 1 is 0.963 bits per heavy atom. The average Bonchev–Trinajstić information content (AvgIpc) is 2.61. The largest absolute Gasteiger partial charge is 0.478 e. The van der Waals surface area contributed by atoms with Crippen LogP contribution in [0.3, 0.4) is 0 Å². The van der Waals surface area contributed by atoms with Crippen molar-refractivity contribution in [3.8, 4) is 0 Å². The summed E-state index contributed by atoms with van der Waals surface area (Å²) in [4.78, 5) is 45.6. The van der Waals surface area contributed by atoms with Gasteiger partial charge in [-0.2, -0.15) is 0 Å². The molecule has 0 aliphatic heterocycles. The first-order chi connectivity index (χ1) is 12.6. The van der Waals surface area contributed by atoms with Gasteiger partial charge in [0.1, 0.15) is 5.54 Å². The maximum absolute atomic E-state index is 12.4. The number of carbonyl (C=O) groups excluding carboxylic acids is 2. The molecular formula is C18H17N3O6. The summed E-state index contributed by atoms with van der Waals surface area (Å²) in [6, 6.07) is 10.6. The molecule has 9 nitrogen and oxygen atoms in total. The van der Waals surface area contributed by atoms with E-state index in [0.29, 0.717) is 5.69 Å². The number of carbonyl (C=O) groups is 3. The van der Waals surface area contributed by atoms with Crippen molar-refractivity contribution in [2.24, 2.45) is 0 Å². The van der Waals surface area contributed by atoms with Gasteiger partial charge >= 0.3 is 5.97 Å². The molecule has 0 unspecified atom stereocenters. The number of amides is 2. The zero-order chi connectivity index (χ0) is 20.2. The van der Waals surface area contributed by atoms with E-state index in [4.69, 9.17) is 5.11 Å². The van der Waals surface area contributed by atoms with Crippen LogP contribution in [0.2, 0.25) is 0 Å². The number of carboxylic acid groups (broad SMARTS) is 1. The third-order valence-electron chi connectivity index (χ3n) is 3.72. The van der Waals surface area contributed by atoms with Crippen molar-refractivity contribution in [1.29, 1.82) is 0 Å². The van der Waals surface area contributed by atoms with Gasteiger partial charge in [0.25, 0.3) is 11.6 Å². The van der Waals surface area contributed by atoms with Crippen LogP contribution in [0, 0.1) is 10.1 Å². The van der Waals surface area contributed by atoms with E-state index in [2.05, 4.69) is 10.6 Å². The molecule has 0 atom stereocenters. The van der Waals surface area contributed by atoms with Gasteiger partial charge in [-0.05, 0) is 50.2 Å². The molecule has 0 saturated carbocycles. The summed E-state index contributed by atoms with van der Waals surface area (Å²) in [7, 11) is 0. The van der Waals surface area contributed by atoms with Gasteiger partial charge in [0.2, 0.25) is 5.91 Å². The van der Waals surface area contributed by atoms with Crippen molar-refractivity contribution in [3.63, 3.8) is 0 Å². The summed E-state index contributed by atoms with van der Waals surface area (Å²) in [5.74, 6) is -2.16. The number of anilines is 1. The zero-order valence-corrected chi connectivity index (χ0v) is 14.6. The molecule has 0 saturated heterocycles. The molecule has 0 bridgehead atoms. The predicted molar refractivity (Wildman–Crippen MR) is 96.7 cm³/mol. The molecule has 27 heavy (non-hydrogen) atoms. The lowest BCUT2D eigenvalue weighted by atomic mass is 10.0. The SMILES string of the molecule is CC(C)(NC(=O)c1ccc([N+](=O)[O-])cc1)C(=O)Nc1ccc(C(=O)O)cc1. The molecule has 2 aromatic rings. The van der Waals surface area contributed by atoms with Crippen molar-refractivity contribution in [1.82, 2.24) is 5.32 Å². The fraction of sp³-hybridized carbons (Fsp3) is 0.167. The number of nitro benzene ring substituents is 1. The van der Waals surface area contributed by atoms with E-state index in [0.717, 1.165) is 0 Å². The van der Waals surface area contributed by atoms with E-state index in [1.807, 2.05) is 0 Å². The Kier molecular flexibility index (Phi) is 5.54. The minimum Gasteiger partial charge on any atom is -0.478 e. The second kappa shape index (κ2) is 7.65. The Labute approximate surface area is 154 Å². The molecule has 0 heterocycles. The van der Waals surface area contributed by atoms with Crippen molar-refractivity contribution in [2.75, 3.05) is 5.32 Å². The van der Waals surface area contributed by atoms with E-state index in [-0.39, 0.29) is 16.8 Å². The molecule has 0 spiro atoms. The molecule has 0 aromatic heterocycles. The number of nitro groups is 1. The van der Waals surface area contributed by atoms with Crippen molar-refractivity contribution in [2.45, 2.75) is 19.4 Å². The number of hydrogen-bond acceptors (Lipinski definition) is 5. The van der Waals surface area contributed by atoms with E-state index in [9.17, 15) is 24.5 Å². The van der Waals surface area contributed by atoms with Crippen molar-refractivity contribution < 1.29 is 24.4 Å². The van der Waals surface area contributed by atoms with Crippen molar-refractivity contribution in [3.05, 3.63) is 69.8 Å². The van der Waals surface area contributed by atoms with Gasteiger partial charge in [-0.15, -0.1) is 0 Å². The van der Waals surface area contributed by atoms with Gasteiger partial charge in [0.15, 0.2) is 0 Å². The number of nitrogens with zero attached hydrogens (tertiary/aromatic N) is 1. The topological polar surface area (TPSA) is 139 Å². The molecule has 3 N–H and O–H groups in total. The average molecular weight is 371 g/mol. The first kappa shape index (κ1) is 19.6. The molecular weight excluding hydrogens is 354 g/mol. The maximum atomic E-state index is 12.4. The van der Waals surface area contributed by atoms with Crippen LogP contribution in [-0.2, 0) is 4.79 Å². The van der Waals surface area contributed by atoms with Crippen LogP contribution in [-0.4, -0.2) is 33.4 Å². The summed E-state index contributed by atoms with van der Waals surface area (Å²) in [5.41, 5.74) is -0.799. The number of rotatable bonds is 6. The Hall–Kier alpha value is -3.75. The second-order valence-corrected chi connectivity index (χ2v) is 6.22. The van der Waals surface area contributed by atoms with Crippen LogP contribution in [0.4, 0.5) is 11.4 Å². The predicted octanol–water partition coefficient (Wildman–Crippen LogP) is 2.44. The van der Waals surface area contributed by atoms with E-state index in [1.165, 1.54) is 62.4 Å². The van der Waals surface area contributed by atoms with E-state index < -0.39 is 28.2 Å². The summed E-state index contributed by atoms with van der Waals surface area (Å²) in [6.45, 7) is 2.99. The summed E-state index contributed by atoms with van der Waals surface area (Å²) < 4.78 is 0. The highest BCUT2D eigenvalue weighted by Gasteiger charge is 2.30. The number of hydrogen-bond donors (Lipinski definition) is 3. The highest BCUT2D eigenvalue weighted by atomic mass is 16.6. The van der Waals surface area contributed by atoms with Gasteiger partial charge in [-0.1, -0.05) is 0 Å². The highest BCUT2D eigenvalue weighted by Crippen LogP contribution is 2.15. The minimum absolute atomic E-state index is 0.0822. The van der Waals surface area contributed by atoms with Crippen LogP contribution >= 0.6 is 0 Å². The number of benzene rings is 2. The first-order valence-corrected chi connectivity index (χ1v) is 7.82. The van der Waals surface area contributed by atoms with Crippen LogP contribution in [0.5, 0.6) is 0 Å². The molecule has 0 fully saturated rings. The normalized spacial score (nSPS) is 10.7. The Morgan fingerprint density at radius 3 is 1.96 bits per heavy atom. The molecule has 140 valence electrons. The lowest BCUT2D eigenvalue weighted by Crippen LogP contribution is -2.52. The Bertz CT molecular complexity index is 888. The third kappa shape index (κ3) is 4.88. The molecule has 0 aliphatic carbocycles. The second-order valence-electron chi connectivity index (χ2n) is 6.22. The number of non-ortho nitro benzene ring substituents is 1. The van der Waals surface area contributed by atoms with E-state index in [1.54, 1.807) is 0 Å². The monoisotopic (exact) mass is 371 g/mol. The van der Waals surface area contributed by atoms with Crippen LogP contribution in [0.1, 0.15) is 34.6 Å². The van der Waals surface area contributed by atoms with Crippen LogP contribution < -0.4 is 10.6 Å². The number of carboxylic acids is 1. The van der Waals surface area contributed by atoms with Crippen molar-refractivity contribution >= 4 is 29.2 Å². The summed E-state index contributed by atoms with van der Waals surface area (Å²) >= 11 is 0. The molecule has 0 aliphatic rings. The van der Waals surface area contributed by atoms with Gasteiger partial charge < -0.3 is 15.7 Å². The summed E-state index contributed by atoms with van der Waals surface area (Å²) in [5, 5.41) is 24.7. The maximum Gasteiger partial charge on any atom is 0.335 e. The fourth-order valence-corrected chi connectivity index (χ4v) is 2.13. The zero-order valence-electron chi connectivity index (χ0n) is 14.6. The quantitative estimate of drug-likeness (QED) is 0.526. The van der Waals surface area contributed by atoms with Gasteiger partial charge in [-0.25, -0.2) is 4.79 Å². The Morgan fingerprint density at radius 2 is 1.48 bits per heavy atom. The Balaban J connectivity index is 2.05. The lowest BCUT2D eigenvalue weighted by Gasteiger charge is -2.25. The van der Waals surface area contributed by atoms with E-state index >= 15 is 0 Å². The van der Waals surface area contributed by atoms with Gasteiger partial charge in [-0.3, -0.25) is 19.7 Å². The molecule has 2 aromatic carbocycles. The van der Waals surface area contributed by atoms with Gasteiger partial charge in [0.05, 0.1) is 10.5 Å². The molecule has 0 radical (unpaired) electrons. The van der Waals surface area contributed by atoms with Crippen LogP contribution in [0.15, 0.2) is 48.5 Å². The third-order valence-corrected chi connectivity index (χ3v) is 3.72. The van der Waals surface area contributed by atoms with Gasteiger partial charge in [0, 0.05) is 23.4 Å². The molecule has 2 amide bonds. The smallest absolute Gasteiger partial charge is 0.335 e. The number of aromatic carboxylic acids is 1. The molecule has 2 rings (SSSR count). The molecule has 9 heteroatoms. The highest BCUT2D eigenvalue weighted by molar-refractivity contribution is 6.03. The first-order valence-electron chi connectivity index (χ1n) is 7.82. The lowest BCUT2D eigenvalue weighted by molar-refractivity contribution is -0.384. The fourth-order valence-electron chi connectivity index (χ4n) is 2.13. The summed E-state index contributed by atoms with van der Waals surface area (Å²) in [6.07, 6.45) is 0. The minimum atomic E-state index is -1.29. The standard InChI is InChI=1S/C18H17N3O6/c1-18(2,17(25)19-13-7-3-12(4-8-13)16(23)24)20-15(22)11-5-9-14(10-6-11)21(26)27/h3-10H,1-2H3,(H,19,25)(H,20,22)(H,23,24). The number of nitrogens with one attached hydrogen (secondary N) is 2.